The van der Waals surface area contributed by atoms with Gasteiger partial charge in [-0.15, -0.1) is 0 Å². The number of aromatic carboxylic acids is 1. The molecule has 0 aromatic heterocycles. The fourth-order valence-electron chi connectivity index (χ4n) is 0.958. The molecule has 0 spiro atoms. The molecule has 0 saturated carbocycles. The first-order chi connectivity index (χ1) is 6.16. The molecule has 1 N–H and O–H groups in total. The molecule has 0 aliphatic rings. The van der Waals surface area contributed by atoms with E-state index < -0.39 is 5.97 Å². The van der Waals surface area contributed by atoms with Crippen LogP contribution in [0.5, 0.6) is 0 Å². The van der Waals surface area contributed by atoms with Crippen LogP contribution in [0.2, 0.25) is 0 Å². The van der Waals surface area contributed by atoms with Gasteiger partial charge >= 0.3 is 5.97 Å². The molecule has 0 aliphatic carbocycles. The van der Waals surface area contributed by atoms with Crippen molar-refractivity contribution >= 4 is 22.8 Å². The normalized spacial score (nSPS) is 9.62. The van der Waals surface area contributed by atoms with Gasteiger partial charge in [-0.25, -0.2) is 4.79 Å². The highest BCUT2D eigenvalue weighted by molar-refractivity contribution is 8.13. The second kappa shape index (κ2) is 4.09. The van der Waals surface area contributed by atoms with E-state index >= 15 is 0 Å². The molecule has 0 aliphatic heterocycles. The van der Waals surface area contributed by atoms with Crippen molar-refractivity contribution in [3.05, 3.63) is 35.4 Å². The van der Waals surface area contributed by atoms with Crippen molar-refractivity contribution in [2.75, 3.05) is 6.26 Å². The summed E-state index contributed by atoms with van der Waals surface area (Å²) in [6.45, 7) is 0. The summed E-state index contributed by atoms with van der Waals surface area (Å²) in [7, 11) is 0. The number of hydrogen-bond acceptors (Lipinski definition) is 3. The fraction of sp³-hybridized carbons (Fsp3) is 0.111. The smallest absolute Gasteiger partial charge is 0.336 e. The second-order valence-electron chi connectivity index (χ2n) is 2.34. The molecule has 0 fully saturated rings. The Labute approximate surface area is 79.8 Å². The van der Waals surface area contributed by atoms with E-state index in [0.717, 1.165) is 11.8 Å². The van der Waals surface area contributed by atoms with Crippen LogP contribution in [0.1, 0.15) is 20.7 Å². The van der Waals surface area contributed by atoms with Gasteiger partial charge in [0.25, 0.3) is 0 Å². The Morgan fingerprint density at radius 3 is 2.23 bits per heavy atom. The highest BCUT2D eigenvalue weighted by Gasteiger charge is 2.13. The molecule has 13 heavy (non-hydrogen) atoms. The maximum atomic E-state index is 11.2. The summed E-state index contributed by atoms with van der Waals surface area (Å²) in [6.07, 6.45) is 1.63. The van der Waals surface area contributed by atoms with Gasteiger partial charge in [0.15, 0.2) is 0 Å². The summed E-state index contributed by atoms with van der Waals surface area (Å²) in [5, 5.41) is 8.52. The zero-order valence-corrected chi connectivity index (χ0v) is 7.80. The third kappa shape index (κ3) is 2.09. The van der Waals surface area contributed by atoms with Gasteiger partial charge in [-0.05, 0) is 18.4 Å². The Morgan fingerprint density at radius 2 is 1.77 bits per heavy atom. The van der Waals surface area contributed by atoms with Crippen LogP contribution in [0, 0.1) is 0 Å². The molecule has 0 heterocycles. The number of rotatable bonds is 2. The zero-order valence-electron chi connectivity index (χ0n) is 6.98. The number of carbonyl (C=O) groups excluding carboxylic acids is 1. The zero-order chi connectivity index (χ0) is 9.84. The lowest BCUT2D eigenvalue weighted by Gasteiger charge is -2.01. The Bertz CT molecular complexity index is 346. The van der Waals surface area contributed by atoms with Crippen LogP contribution in [-0.4, -0.2) is 22.4 Å². The second-order valence-corrected chi connectivity index (χ2v) is 3.12. The quantitative estimate of drug-likeness (QED) is 0.784. The van der Waals surface area contributed by atoms with E-state index in [2.05, 4.69) is 0 Å². The van der Waals surface area contributed by atoms with Gasteiger partial charge in [-0.2, -0.15) is 0 Å². The molecule has 68 valence electrons. The molecule has 4 heteroatoms. The first-order valence-corrected chi connectivity index (χ1v) is 4.80. The lowest BCUT2D eigenvalue weighted by Crippen LogP contribution is -2.05. The average Bonchev–Trinajstić information content (AvgIpc) is 2.16. The Hall–Kier alpha value is -1.29. The van der Waals surface area contributed by atoms with Crippen molar-refractivity contribution < 1.29 is 14.7 Å². The summed E-state index contributed by atoms with van der Waals surface area (Å²) < 4.78 is 0. The first-order valence-electron chi connectivity index (χ1n) is 3.57. The van der Waals surface area contributed by atoms with E-state index in [-0.39, 0.29) is 16.2 Å². The van der Waals surface area contributed by atoms with Gasteiger partial charge in [0.2, 0.25) is 5.12 Å². The average molecular weight is 196 g/mol. The summed E-state index contributed by atoms with van der Waals surface area (Å²) in [4.78, 5) is 21.9. The molecule has 0 radical (unpaired) electrons. The first kappa shape index (κ1) is 9.80. The van der Waals surface area contributed by atoms with E-state index in [9.17, 15) is 9.59 Å². The van der Waals surface area contributed by atoms with Gasteiger partial charge in [0.05, 0.1) is 5.56 Å². The van der Waals surface area contributed by atoms with Crippen molar-refractivity contribution in [3.63, 3.8) is 0 Å². The Kier molecular flexibility index (Phi) is 3.08. The van der Waals surface area contributed by atoms with Gasteiger partial charge in [-0.1, -0.05) is 23.9 Å². The molecular weight excluding hydrogens is 188 g/mol. The Morgan fingerprint density at radius 1 is 1.23 bits per heavy atom. The molecule has 1 aromatic carbocycles. The summed E-state index contributed by atoms with van der Waals surface area (Å²) in [6, 6.07) is 6.19. The summed E-state index contributed by atoms with van der Waals surface area (Å²) >= 11 is 1.01. The lowest BCUT2D eigenvalue weighted by atomic mass is 10.1. The summed E-state index contributed by atoms with van der Waals surface area (Å²) in [5.74, 6) is -1.07. The molecule has 0 atom stereocenters. The van der Waals surface area contributed by atoms with Crippen LogP contribution in [0.3, 0.4) is 0 Å². The van der Waals surface area contributed by atoms with Crippen LogP contribution in [0.15, 0.2) is 24.3 Å². The van der Waals surface area contributed by atoms with Crippen LogP contribution < -0.4 is 0 Å². The minimum absolute atomic E-state index is 0.0573. The van der Waals surface area contributed by atoms with E-state index in [4.69, 9.17) is 5.11 Å². The predicted octanol–water partition coefficient (Wildman–Crippen LogP) is 1.89. The van der Waals surface area contributed by atoms with Crippen molar-refractivity contribution in [1.82, 2.24) is 0 Å². The highest BCUT2D eigenvalue weighted by Crippen LogP contribution is 2.14. The van der Waals surface area contributed by atoms with Crippen LogP contribution in [-0.2, 0) is 0 Å². The van der Waals surface area contributed by atoms with E-state index in [0.29, 0.717) is 0 Å². The van der Waals surface area contributed by atoms with E-state index in [1.807, 2.05) is 0 Å². The molecule has 1 rings (SSSR count). The Balaban J connectivity index is 3.19. The topological polar surface area (TPSA) is 54.4 Å². The number of benzene rings is 1. The van der Waals surface area contributed by atoms with Crippen molar-refractivity contribution in [2.24, 2.45) is 0 Å². The largest absolute Gasteiger partial charge is 0.478 e. The summed E-state index contributed by atoms with van der Waals surface area (Å²) in [5.41, 5.74) is 0.310. The number of carbonyl (C=O) groups is 2. The number of hydrogen-bond donors (Lipinski definition) is 1. The van der Waals surface area contributed by atoms with Gasteiger partial charge in [0.1, 0.15) is 0 Å². The van der Waals surface area contributed by atoms with Crippen molar-refractivity contribution in [1.29, 1.82) is 0 Å². The van der Waals surface area contributed by atoms with Crippen LogP contribution >= 0.6 is 11.8 Å². The van der Waals surface area contributed by atoms with Gasteiger partial charge < -0.3 is 5.11 Å². The molecule has 0 amide bonds. The number of thioether (sulfide) groups is 1. The molecule has 0 bridgehead atoms. The van der Waals surface area contributed by atoms with E-state index in [1.165, 1.54) is 12.1 Å². The molecule has 0 saturated heterocycles. The lowest BCUT2D eigenvalue weighted by molar-refractivity contribution is 0.0693. The van der Waals surface area contributed by atoms with Crippen molar-refractivity contribution in [3.8, 4) is 0 Å². The SMILES string of the molecule is CSC(=O)c1ccccc1C(=O)O. The minimum atomic E-state index is -1.07. The monoisotopic (exact) mass is 196 g/mol. The number of carboxylic acid groups (broad SMARTS) is 1. The molecular formula is C9H8O3S. The standard InChI is InChI=1S/C9H8O3S/c1-13-9(12)7-5-3-2-4-6(7)8(10)11/h2-5H,1H3,(H,10,11). The van der Waals surface area contributed by atoms with Gasteiger partial charge in [0, 0.05) is 5.56 Å². The van der Waals surface area contributed by atoms with E-state index in [1.54, 1.807) is 18.4 Å². The van der Waals surface area contributed by atoms with Crippen LogP contribution in [0.4, 0.5) is 0 Å². The third-order valence-electron chi connectivity index (χ3n) is 1.56. The minimum Gasteiger partial charge on any atom is -0.478 e. The molecule has 1 aromatic rings. The fourth-order valence-corrected chi connectivity index (χ4v) is 1.36. The predicted molar refractivity (Wildman–Crippen MR) is 51.2 cm³/mol. The van der Waals surface area contributed by atoms with Gasteiger partial charge in [-0.3, -0.25) is 4.79 Å². The molecule has 3 nitrogen and oxygen atoms in total. The maximum absolute atomic E-state index is 11.2. The third-order valence-corrected chi connectivity index (χ3v) is 2.15. The molecule has 0 unspecified atom stereocenters. The number of carboxylic acids is 1. The highest BCUT2D eigenvalue weighted by atomic mass is 32.2. The van der Waals surface area contributed by atoms with Crippen LogP contribution in [0.25, 0.3) is 0 Å². The maximum Gasteiger partial charge on any atom is 0.336 e. The van der Waals surface area contributed by atoms with Crippen molar-refractivity contribution in [2.45, 2.75) is 0 Å².